The molecule has 0 saturated carbocycles. The van der Waals surface area contributed by atoms with Crippen LogP contribution < -0.4 is 5.32 Å². The predicted octanol–water partition coefficient (Wildman–Crippen LogP) is 0.0431. The van der Waals surface area contributed by atoms with Gasteiger partial charge in [0.05, 0.1) is 0 Å². The number of rotatable bonds is 5. The molecule has 8 heteroatoms. The normalized spacial score (nSPS) is 31.3. The molecule has 2 amide bonds. The van der Waals surface area contributed by atoms with Gasteiger partial charge in [0.15, 0.2) is 0 Å². The van der Waals surface area contributed by atoms with E-state index in [2.05, 4.69) is 5.32 Å². The number of carboxylic acid groups (broad SMARTS) is 1. The molecule has 0 unspecified atom stereocenters. The number of amides is 2. The SMILES string of the molecule is CCO[C@H](C)C(=O)N[C@@H]1C(=O)N2[C@@H](C(=O)O)C(C)(C)S[C@@H]12. The summed E-state index contributed by atoms with van der Waals surface area (Å²) in [5.74, 6) is -1.72. The van der Waals surface area contributed by atoms with Crippen LogP contribution in [0.15, 0.2) is 0 Å². The smallest absolute Gasteiger partial charge is 0.327 e. The first-order chi connectivity index (χ1) is 9.70. The number of hydrogen-bond acceptors (Lipinski definition) is 5. The van der Waals surface area contributed by atoms with Crippen molar-refractivity contribution in [2.24, 2.45) is 0 Å². The highest BCUT2D eigenvalue weighted by Crippen LogP contribution is 2.50. The van der Waals surface area contributed by atoms with E-state index in [0.29, 0.717) is 6.61 Å². The van der Waals surface area contributed by atoms with Gasteiger partial charge in [-0.1, -0.05) is 0 Å². The third-order valence-corrected chi connectivity index (χ3v) is 5.33. The number of carbonyl (C=O) groups excluding carboxylic acids is 2. The number of thioether (sulfide) groups is 1. The third kappa shape index (κ3) is 2.62. The number of nitrogens with zero attached hydrogens (tertiary/aromatic N) is 1. The van der Waals surface area contributed by atoms with Gasteiger partial charge < -0.3 is 20.1 Å². The van der Waals surface area contributed by atoms with Gasteiger partial charge in [0.1, 0.15) is 23.6 Å². The summed E-state index contributed by atoms with van der Waals surface area (Å²) >= 11 is 1.40. The summed E-state index contributed by atoms with van der Waals surface area (Å²) in [6, 6.07) is -1.54. The Hall–Kier alpha value is -1.28. The van der Waals surface area contributed by atoms with Gasteiger partial charge in [0, 0.05) is 11.4 Å². The highest BCUT2D eigenvalue weighted by Gasteiger charge is 2.64. The molecule has 2 aliphatic heterocycles. The van der Waals surface area contributed by atoms with Gasteiger partial charge in [-0.3, -0.25) is 9.59 Å². The lowest BCUT2D eigenvalue weighted by Crippen LogP contribution is -2.71. The van der Waals surface area contributed by atoms with Crippen LogP contribution in [0, 0.1) is 0 Å². The van der Waals surface area contributed by atoms with E-state index in [4.69, 9.17) is 4.74 Å². The van der Waals surface area contributed by atoms with Crippen LogP contribution in [0.1, 0.15) is 27.7 Å². The van der Waals surface area contributed by atoms with Crippen molar-refractivity contribution in [3.63, 3.8) is 0 Å². The fourth-order valence-electron chi connectivity index (χ4n) is 2.74. The maximum atomic E-state index is 12.2. The van der Waals surface area contributed by atoms with Crippen molar-refractivity contribution in [3.8, 4) is 0 Å². The van der Waals surface area contributed by atoms with Gasteiger partial charge in [0.25, 0.3) is 0 Å². The number of aliphatic carboxylic acids is 1. The van der Waals surface area contributed by atoms with E-state index < -0.39 is 28.9 Å². The second-order valence-electron chi connectivity index (χ2n) is 5.68. The Labute approximate surface area is 127 Å². The van der Waals surface area contributed by atoms with Crippen molar-refractivity contribution in [2.45, 2.75) is 56.0 Å². The molecule has 0 aromatic rings. The number of fused-ring (bicyclic) bond motifs is 1. The quantitative estimate of drug-likeness (QED) is 0.696. The molecule has 0 aromatic carbocycles. The van der Waals surface area contributed by atoms with Crippen LogP contribution in [0.25, 0.3) is 0 Å². The first kappa shape index (κ1) is 16.1. The van der Waals surface area contributed by atoms with Crippen molar-refractivity contribution in [1.29, 1.82) is 0 Å². The molecule has 2 aliphatic rings. The lowest BCUT2D eigenvalue weighted by molar-refractivity contribution is -0.161. The number of carbonyl (C=O) groups is 3. The summed E-state index contributed by atoms with van der Waals surface area (Å²) in [5, 5.41) is 11.6. The highest BCUT2D eigenvalue weighted by atomic mass is 32.2. The molecule has 4 atom stereocenters. The molecule has 0 aromatic heterocycles. The van der Waals surface area contributed by atoms with Gasteiger partial charge in [-0.25, -0.2) is 4.79 Å². The monoisotopic (exact) mass is 316 g/mol. The molecule has 0 spiro atoms. The van der Waals surface area contributed by atoms with Crippen LogP contribution in [0.3, 0.4) is 0 Å². The molecular formula is C13H20N2O5S. The molecule has 2 N–H and O–H groups in total. The molecule has 118 valence electrons. The molecule has 2 heterocycles. The Morgan fingerprint density at radius 3 is 2.67 bits per heavy atom. The summed E-state index contributed by atoms with van der Waals surface area (Å²) in [7, 11) is 0. The second-order valence-corrected chi connectivity index (χ2v) is 7.45. The molecular weight excluding hydrogens is 296 g/mol. The zero-order chi connectivity index (χ0) is 15.9. The van der Waals surface area contributed by atoms with Gasteiger partial charge in [-0.05, 0) is 27.7 Å². The first-order valence-electron chi connectivity index (χ1n) is 6.85. The van der Waals surface area contributed by atoms with E-state index in [0.717, 1.165) is 0 Å². The second kappa shape index (κ2) is 5.49. The molecule has 0 aliphatic carbocycles. The maximum Gasteiger partial charge on any atom is 0.327 e. The molecule has 2 fully saturated rings. The minimum atomic E-state index is -1.02. The van der Waals surface area contributed by atoms with Crippen molar-refractivity contribution < 1.29 is 24.2 Å². The first-order valence-corrected chi connectivity index (χ1v) is 7.73. The fourth-order valence-corrected chi connectivity index (χ4v) is 4.37. The Balaban J connectivity index is 2.06. The fraction of sp³-hybridized carbons (Fsp3) is 0.769. The van der Waals surface area contributed by atoms with Gasteiger partial charge in [-0.2, -0.15) is 0 Å². The molecule has 7 nitrogen and oxygen atoms in total. The van der Waals surface area contributed by atoms with Crippen molar-refractivity contribution in [3.05, 3.63) is 0 Å². The van der Waals surface area contributed by atoms with Crippen LogP contribution >= 0.6 is 11.8 Å². The number of β-lactam (4-membered cyclic amide) rings is 1. The van der Waals surface area contributed by atoms with Crippen LogP contribution in [-0.2, 0) is 19.1 Å². The average Bonchev–Trinajstić information content (AvgIpc) is 2.64. The van der Waals surface area contributed by atoms with Crippen LogP contribution in [0.5, 0.6) is 0 Å². The van der Waals surface area contributed by atoms with Crippen LogP contribution in [-0.4, -0.2) is 62.7 Å². The standard InChI is InChI=1S/C13H20N2O5S/c1-5-20-6(2)9(16)14-7-10(17)15-8(12(18)19)13(3,4)21-11(7)15/h6-8,11H,5H2,1-4H3,(H,14,16)(H,18,19)/t6-,7-,8+,11+/m1/s1. The van der Waals surface area contributed by atoms with E-state index >= 15 is 0 Å². The van der Waals surface area contributed by atoms with E-state index in [9.17, 15) is 19.5 Å². The Bertz CT molecular complexity index is 481. The van der Waals surface area contributed by atoms with E-state index in [1.807, 2.05) is 0 Å². The van der Waals surface area contributed by atoms with Crippen LogP contribution in [0.4, 0.5) is 0 Å². The van der Waals surface area contributed by atoms with Crippen molar-refractivity contribution >= 4 is 29.5 Å². The Morgan fingerprint density at radius 1 is 1.52 bits per heavy atom. The molecule has 2 rings (SSSR count). The highest BCUT2D eigenvalue weighted by molar-refractivity contribution is 8.01. The van der Waals surface area contributed by atoms with E-state index in [-0.39, 0.29) is 17.2 Å². The zero-order valence-electron chi connectivity index (χ0n) is 12.5. The van der Waals surface area contributed by atoms with Crippen molar-refractivity contribution in [2.75, 3.05) is 6.61 Å². The summed E-state index contributed by atoms with van der Waals surface area (Å²) in [6.45, 7) is 7.40. The number of ether oxygens (including phenoxy) is 1. The van der Waals surface area contributed by atoms with Crippen molar-refractivity contribution in [1.82, 2.24) is 10.2 Å². The molecule has 21 heavy (non-hydrogen) atoms. The molecule has 2 saturated heterocycles. The van der Waals surface area contributed by atoms with Crippen LogP contribution in [0.2, 0.25) is 0 Å². The minimum absolute atomic E-state index is 0.327. The van der Waals surface area contributed by atoms with E-state index in [1.165, 1.54) is 16.7 Å². The average molecular weight is 316 g/mol. The number of hydrogen-bond donors (Lipinski definition) is 2. The van der Waals surface area contributed by atoms with E-state index in [1.54, 1.807) is 27.7 Å². The Morgan fingerprint density at radius 2 is 2.14 bits per heavy atom. The number of nitrogens with one attached hydrogen (secondary N) is 1. The topological polar surface area (TPSA) is 95.9 Å². The summed E-state index contributed by atoms with van der Waals surface area (Å²) in [4.78, 5) is 36.8. The van der Waals surface area contributed by atoms with Gasteiger partial charge in [-0.15, -0.1) is 11.8 Å². The largest absolute Gasteiger partial charge is 0.480 e. The summed E-state index contributed by atoms with van der Waals surface area (Å²) < 4.78 is 4.60. The third-order valence-electron chi connectivity index (χ3n) is 3.76. The molecule has 0 radical (unpaired) electrons. The summed E-state index contributed by atoms with van der Waals surface area (Å²) in [6.07, 6.45) is -0.633. The lowest BCUT2D eigenvalue weighted by Gasteiger charge is -2.43. The Kier molecular flexibility index (Phi) is 4.21. The predicted molar refractivity (Wildman–Crippen MR) is 76.7 cm³/mol. The summed E-state index contributed by atoms with van der Waals surface area (Å²) in [5.41, 5.74) is 0. The molecule has 0 bridgehead atoms. The number of carboxylic acids is 1. The zero-order valence-corrected chi connectivity index (χ0v) is 13.3. The lowest BCUT2D eigenvalue weighted by atomic mass is 9.96. The van der Waals surface area contributed by atoms with Gasteiger partial charge >= 0.3 is 5.97 Å². The van der Waals surface area contributed by atoms with Gasteiger partial charge in [0.2, 0.25) is 11.8 Å². The maximum absolute atomic E-state index is 12.2. The minimum Gasteiger partial charge on any atom is -0.480 e.